The maximum absolute atomic E-state index is 8.93. The molecule has 0 atom stereocenters. The van der Waals surface area contributed by atoms with Gasteiger partial charge in [-0.3, -0.25) is 0 Å². The molecule has 0 spiro atoms. The van der Waals surface area contributed by atoms with E-state index in [1.807, 2.05) is 26.0 Å². The second-order valence-corrected chi connectivity index (χ2v) is 4.54. The van der Waals surface area contributed by atoms with Gasteiger partial charge in [-0.2, -0.15) is 5.26 Å². The van der Waals surface area contributed by atoms with Crippen LogP contribution in [0.15, 0.2) is 18.2 Å². The fourth-order valence-electron chi connectivity index (χ4n) is 1.31. The van der Waals surface area contributed by atoms with Gasteiger partial charge in [-0.1, -0.05) is 17.7 Å². The van der Waals surface area contributed by atoms with E-state index >= 15 is 0 Å². The fraction of sp³-hybridized carbons (Fsp3) is 0.417. The standard InChI is InChI=1S/C12H14ClNO/c1-12(2,8-14)7-9-4-5-10(15-3)6-11(9)13/h4-6H,7H2,1-3H3. The molecule has 0 fully saturated rings. The number of halogens is 1. The highest BCUT2D eigenvalue weighted by Gasteiger charge is 2.18. The summed E-state index contributed by atoms with van der Waals surface area (Å²) < 4.78 is 5.06. The van der Waals surface area contributed by atoms with Crippen molar-refractivity contribution in [2.45, 2.75) is 20.3 Å². The predicted octanol–water partition coefficient (Wildman–Crippen LogP) is 3.44. The van der Waals surface area contributed by atoms with Crippen LogP contribution < -0.4 is 4.74 Å². The molecular formula is C12H14ClNO. The van der Waals surface area contributed by atoms with E-state index in [4.69, 9.17) is 21.6 Å². The maximum atomic E-state index is 8.93. The molecule has 0 bridgehead atoms. The maximum Gasteiger partial charge on any atom is 0.120 e. The molecule has 0 aliphatic rings. The molecule has 1 rings (SSSR count). The molecular weight excluding hydrogens is 210 g/mol. The summed E-state index contributed by atoms with van der Waals surface area (Å²) in [5.41, 5.74) is 0.585. The van der Waals surface area contributed by atoms with Gasteiger partial charge in [0.1, 0.15) is 5.75 Å². The van der Waals surface area contributed by atoms with Gasteiger partial charge in [-0.25, -0.2) is 0 Å². The molecule has 0 aromatic heterocycles. The predicted molar refractivity (Wildman–Crippen MR) is 61.1 cm³/mol. The number of nitriles is 1. The lowest BCUT2D eigenvalue weighted by atomic mass is 9.87. The Hall–Kier alpha value is -1.20. The van der Waals surface area contributed by atoms with Crippen molar-refractivity contribution in [1.82, 2.24) is 0 Å². The first kappa shape index (κ1) is 11.9. The normalized spacial score (nSPS) is 10.9. The molecule has 0 saturated heterocycles. The quantitative estimate of drug-likeness (QED) is 0.787. The number of nitrogens with zero attached hydrogens (tertiary/aromatic N) is 1. The summed E-state index contributed by atoms with van der Waals surface area (Å²) in [4.78, 5) is 0. The number of methoxy groups -OCH3 is 1. The average Bonchev–Trinajstić information content (AvgIpc) is 2.21. The first-order valence-corrected chi connectivity index (χ1v) is 5.10. The average molecular weight is 224 g/mol. The summed E-state index contributed by atoms with van der Waals surface area (Å²) in [5.74, 6) is 0.735. The van der Waals surface area contributed by atoms with Crippen molar-refractivity contribution in [3.8, 4) is 11.8 Å². The first-order chi connectivity index (χ1) is 6.98. The third-order valence-electron chi connectivity index (χ3n) is 2.20. The highest BCUT2D eigenvalue weighted by Crippen LogP contribution is 2.28. The van der Waals surface area contributed by atoms with E-state index in [9.17, 15) is 0 Å². The molecule has 0 radical (unpaired) electrons. The van der Waals surface area contributed by atoms with E-state index in [2.05, 4.69) is 6.07 Å². The van der Waals surface area contributed by atoms with Gasteiger partial charge >= 0.3 is 0 Å². The van der Waals surface area contributed by atoms with Crippen LogP contribution >= 0.6 is 11.6 Å². The Bertz CT molecular complexity index is 393. The van der Waals surface area contributed by atoms with Gasteiger partial charge in [0.2, 0.25) is 0 Å². The van der Waals surface area contributed by atoms with Crippen LogP contribution in [0.3, 0.4) is 0 Å². The van der Waals surface area contributed by atoms with Crippen LogP contribution in [0, 0.1) is 16.7 Å². The first-order valence-electron chi connectivity index (χ1n) is 4.72. The SMILES string of the molecule is COc1ccc(CC(C)(C)C#N)c(Cl)c1. The summed E-state index contributed by atoms with van der Waals surface area (Å²) in [7, 11) is 1.60. The molecule has 0 saturated carbocycles. The van der Waals surface area contributed by atoms with Crippen LogP contribution in [0.1, 0.15) is 19.4 Å². The van der Waals surface area contributed by atoms with Crippen LogP contribution in [-0.2, 0) is 6.42 Å². The van der Waals surface area contributed by atoms with Crippen molar-refractivity contribution in [3.05, 3.63) is 28.8 Å². The van der Waals surface area contributed by atoms with E-state index < -0.39 is 5.41 Å². The van der Waals surface area contributed by atoms with Crippen LogP contribution in [0.25, 0.3) is 0 Å². The topological polar surface area (TPSA) is 33.0 Å². The largest absolute Gasteiger partial charge is 0.497 e. The summed E-state index contributed by atoms with van der Waals surface area (Å²) in [5, 5.41) is 9.58. The van der Waals surface area contributed by atoms with E-state index in [1.165, 1.54) is 0 Å². The Kier molecular flexibility index (Phi) is 3.60. The van der Waals surface area contributed by atoms with E-state index in [0.717, 1.165) is 11.3 Å². The number of hydrogen-bond acceptors (Lipinski definition) is 2. The molecule has 0 amide bonds. The zero-order chi connectivity index (χ0) is 11.5. The molecule has 80 valence electrons. The minimum Gasteiger partial charge on any atom is -0.497 e. The van der Waals surface area contributed by atoms with Crippen molar-refractivity contribution in [1.29, 1.82) is 5.26 Å². The second kappa shape index (κ2) is 4.55. The lowest BCUT2D eigenvalue weighted by molar-refractivity contribution is 0.414. The van der Waals surface area contributed by atoms with Gasteiger partial charge in [-0.05, 0) is 38.0 Å². The Morgan fingerprint density at radius 2 is 2.13 bits per heavy atom. The third-order valence-corrected chi connectivity index (χ3v) is 2.55. The zero-order valence-corrected chi connectivity index (χ0v) is 9.93. The fourth-order valence-corrected chi connectivity index (χ4v) is 1.55. The van der Waals surface area contributed by atoms with Gasteiger partial charge in [-0.15, -0.1) is 0 Å². The van der Waals surface area contributed by atoms with Gasteiger partial charge in [0, 0.05) is 5.02 Å². The molecule has 0 unspecified atom stereocenters. The molecule has 3 heteroatoms. The number of benzene rings is 1. The lowest BCUT2D eigenvalue weighted by Gasteiger charge is -2.16. The van der Waals surface area contributed by atoms with Gasteiger partial charge in [0.15, 0.2) is 0 Å². The smallest absolute Gasteiger partial charge is 0.120 e. The Morgan fingerprint density at radius 1 is 1.47 bits per heavy atom. The molecule has 0 aliphatic heterocycles. The van der Waals surface area contributed by atoms with Gasteiger partial charge in [0.25, 0.3) is 0 Å². The molecule has 15 heavy (non-hydrogen) atoms. The summed E-state index contributed by atoms with van der Waals surface area (Å²) in [6.45, 7) is 3.79. The van der Waals surface area contributed by atoms with Gasteiger partial charge < -0.3 is 4.74 Å². The third kappa shape index (κ3) is 3.14. The van der Waals surface area contributed by atoms with E-state index in [1.54, 1.807) is 13.2 Å². The Labute approximate surface area is 95.4 Å². The van der Waals surface area contributed by atoms with Crippen LogP contribution in [0.4, 0.5) is 0 Å². The van der Waals surface area contributed by atoms with Crippen LogP contribution in [0.5, 0.6) is 5.75 Å². The molecule has 2 nitrogen and oxygen atoms in total. The second-order valence-electron chi connectivity index (χ2n) is 4.13. The summed E-state index contributed by atoms with van der Waals surface area (Å²) in [6.07, 6.45) is 0.645. The Balaban J connectivity index is 2.93. The molecule has 0 N–H and O–H groups in total. The monoisotopic (exact) mass is 223 g/mol. The highest BCUT2D eigenvalue weighted by atomic mass is 35.5. The van der Waals surface area contributed by atoms with E-state index in [-0.39, 0.29) is 0 Å². The zero-order valence-electron chi connectivity index (χ0n) is 9.17. The van der Waals surface area contributed by atoms with Crippen molar-refractivity contribution < 1.29 is 4.74 Å². The van der Waals surface area contributed by atoms with Crippen molar-refractivity contribution in [3.63, 3.8) is 0 Å². The van der Waals surface area contributed by atoms with Crippen molar-refractivity contribution in [2.75, 3.05) is 7.11 Å². The minimum absolute atomic E-state index is 0.391. The van der Waals surface area contributed by atoms with Crippen molar-refractivity contribution in [2.24, 2.45) is 5.41 Å². The van der Waals surface area contributed by atoms with E-state index in [0.29, 0.717) is 11.4 Å². The summed E-state index contributed by atoms with van der Waals surface area (Å²) in [6, 6.07) is 7.78. The minimum atomic E-state index is -0.391. The van der Waals surface area contributed by atoms with Gasteiger partial charge in [0.05, 0.1) is 18.6 Å². The van der Waals surface area contributed by atoms with Crippen LogP contribution in [0.2, 0.25) is 5.02 Å². The van der Waals surface area contributed by atoms with Crippen molar-refractivity contribution >= 4 is 11.6 Å². The number of rotatable bonds is 3. The Morgan fingerprint density at radius 3 is 2.60 bits per heavy atom. The van der Waals surface area contributed by atoms with Crippen LogP contribution in [-0.4, -0.2) is 7.11 Å². The highest BCUT2D eigenvalue weighted by molar-refractivity contribution is 6.31. The molecule has 1 aromatic carbocycles. The molecule has 0 aliphatic carbocycles. The molecule has 0 heterocycles. The molecule has 1 aromatic rings. The number of hydrogen-bond donors (Lipinski definition) is 0. The lowest BCUT2D eigenvalue weighted by Crippen LogP contribution is -2.12. The number of ether oxygens (including phenoxy) is 1. The summed E-state index contributed by atoms with van der Waals surface area (Å²) >= 11 is 6.08.